The molecule has 1 aromatic carbocycles. The Hall–Kier alpha value is -2.83. The van der Waals surface area contributed by atoms with Crippen molar-refractivity contribution in [1.29, 1.82) is 0 Å². The van der Waals surface area contributed by atoms with Crippen molar-refractivity contribution in [2.75, 3.05) is 0 Å². The molecule has 1 aliphatic rings. The molecule has 0 radical (unpaired) electrons. The zero-order chi connectivity index (χ0) is 21.3. The molecule has 7 heteroatoms. The fourth-order valence-corrected chi connectivity index (χ4v) is 3.80. The Kier molecular flexibility index (Phi) is 5.96. The zero-order valence-corrected chi connectivity index (χ0v) is 17.2. The Morgan fingerprint density at radius 2 is 1.93 bits per heavy atom. The van der Waals surface area contributed by atoms with Gasteiger partial charge in [0.2, 0.25) is 0 Å². The predicted molar refractivity (Wildman–Crippen MR) is 108 cm³/mol. The molecule has 3 atom stereocenters. The highest BCUT2D eigenvalue weighted by Crippen LogP contribution is 2.35. The summed E-state index contributed by atoms with van der Waals surface area (Å²) in [5.41, 5.74) is 2.56. The molecular weight excluding hydrogens is 374 g/mol. The van der Waals surface area contributed by atoms with Crippen LogP contribution in [0.5, 0.6) is 5.75 Å². The van der Waals surface area contributed by atoms with Crippen LogP contribution in [0.2, 0.25) is 0 Å². The molecule has 1 amide bonds. The Bertz CT molecular complexity index is 1010. The summed E-state index contributed by atoms with van der Waals surface area (Å²) in [4.78, 5) is 36.3. The number of carbonyl (C=O) groups excluding carboxylic acids is 1. The minimum absolute atomic E-state index is 0.207. The molecule has 1 aliphatic carbocycles. The van der Waals surface area contributed by atoms with Gasteiger partial charge in [-0.15, -0.1) is 0 Å². The van der Waals surface area contributed by atoms with E-state index in [0.717, 1.165) is 29.4 Å². The van der Waals surface area contributed by atoms with Crippen LogP contribution >= 0.6 is 0 Å². The number of aliphatic carboxylic acids is 1. The van der Waals surface area contributed by atoms with E-state index in [4.69, 9.17) is 9.15 Å². The molecule has 3 rings (SSSR count). The fourth-order valence-electron chi connectivity index (χ4n) is 3.80. The van der Waals surface area contributed by atoms with Crippen molar-refractivity contribution in [3.05, 3.63) is 39.2 Å². The number of carbonyl (C=O) groups is 2. The van der Waals surface area contributed by atoms with E-state index in [1.165, 1.54) is 0 Å². The van der Waals surface area contributed by atoms with Gasteiger partial charge in [-0.25, -0.2) is 9.59 Å². The average Bonchev–Trinajstić information content (AvgIpc) is 3.14. The van der Waals surface area contributed by atoms with Crippen LogP contribution in [0, 0.1) is 12.8 Å². The Labute approximate surface area is 169 Å². The molecule has 0 bridgehead atoms. The molecule has 156 valence electrons. The molecule has 29 heavy (non-hydrogen) atoms. The van der Waals surface area contributed by atoms with Crippen molar-refractivity contribution in [3.8, 4) is 5.75 Å². The molecule has 2 aromatic rings. The molecule has 1 aromatic heterocycles. The standard InChI is InChI=1S/C22H27NO6/c1-5-12(3)19(21(25)26)23-20(24)13(4)28-16-9-11(2)10-17-18(16)14-7-6-8-15(14)22(27)29-17/h9-10,12-13,19H,5-8H2,1-4H3,(H,23,24)(H,25,26)/t12-,13+,19+/m1/s1. The number of fused-ring (bicyclic) bond motifs is 3. The second-order valence-corrected chi connectivity index (χ2v) is 7.81. The maximum atomic E-state index is 12.6. The second-order valence-electron chi connectivity index (χ2n) is 7.81. The summed E-state index contributed by atoms with van der Waals surface area (Å²) in [5, 5.41) is 12.7. The first kappa shape index (κ1) is 20.9. The first-order chi connectivity index (χ1) is 13.7. The summed E-state index contributed by atoms with van der Waals surface area (Å²) in [6.07, 6.45) is 2.02. The fraction of sp³-hybridized carbons (Fsp3) is 0.500. The van der Waals surface area contributed by atoms with Crippen LogP contribution < -0.4 is 15.7 Å². The summed E-state index contributed by atoms with van der Waals surface area (Å²) >= 11 is 0. The monoisotopic (exact) mass is 401 g/mol. The van der Waals surface area contributed by atoms with Gasteiger partial charge in [0.25, 0.3) is 5.91 Å². The summed E-state index contributed by atoms with van der Waals surface area (Å²) < 4.78 is 11.5. The molecule has 0 unspecified atom stereocenters. The maximum absolute atomic E-state index is 12.6. The van der Waals surface area contributed by atoms with Gasteiger partial charge < -0.3 is 19.6 Å². The molecule has 2 N–H and O–H groups in total. The molecule has 0 saturated heterocycles. The number of aryl methyl sites for hydroxylation is 2. The van der Waals surface area contributed by atoms with E-state index < -0.39 is 24.0 Å². The lowest BCUT2D eigenvalue weighted by molar-refractivity contribution is -0.144. The van der Waals surface area contributed by atoms with E-state index >= 15 is 0 Å². The van der Waals surface area contributed by atoms with Crippen molar-refractivity contribution >= 4 is 22.8 Å². The predicted octanol–water partition coefficient (Wildman–Crippen LogP) is 2.97. The molecule has 0 fully saturated rings. The van der Waals surface area contributed by atoms with Gasteiger partial charge in [-0.2, -0.15) is 0 Å². The van der Waals surface area contributed by atoms with Gasteiger partial charge in [0.15, 0.2) is 6.10 Å². The van der Waals surface area contributed by atoms with E-state index in [1.807, 2.05) is 19.9 Å². The lowest BCUT2D eigenvalue weighted by Gasteiger charge is -2.23. The van der Waals surface area contributed by atoms with E-state index in [-0.39, 0.29) is 11.5 Å². The van der Waals surface area contributed by atoms with Gasteiger partial charge in [0.1, 0.15) is 17.4 Å². The van der Waals surface area contributed by atoms with E-state index in [1.54, 1.807) is 19.9 Å². The molecule has 0 saturated carbocycles. The topological polar surface area (TPSA) is 106 Å². The number of carboxylic acid groups (broad SMARTS) is 1. The molecule has 0 aliphatic heterocycles. The van der Waals surface area contributed by atoms with Gasteiger partial charge in [-0.3, -0.25) is 4.79 Å². The van der Waals surface area contributed by atoms with Crippen LogP contribution in [0.4, 0.5) is 0 Å². The number of ether oxygens (including phenoxy) is 1. The van der Waals surface area contributed by atoms with Gasteiger partial charge in [-0.05, 0) is 62.3 Å². The van der Waals surface area contributed by atoms with Crippen LogP contribution in [0.3, 0.4) is 0 Å². The van der Waals surface area contributed by atoms with Crippen LogP contribution in [0.25, 0.3) is 11.0 Å². The third kappa shape index (κ3) is 4.13. The average molecular weight is 401 g/mol. The third-order valence-corrected chi connectivity index (χ3v) is 5.63. The summed E-state index contributed by atoms with van der Waals surface area (Å²) in [5.74, 6) is -1.30. The number of hydrogen-bond acceptors (Lipinski definition) is 5. The smallest absolute Gasteiger partial charge is 0.339 e. The number of nitrogens with one attached hydrogen (secondary N) is 1. The van der Waals surface area contributed by atoms with Crippen molar-refractivity contribution in [2.24, 2.45) is 5.92 Å². The van der Waals surface area contributed by atoms with Crippen molar-refractivity contribution in [2.45, 2.75) is 65.5 Å². The lowest BCUT2D eigenvalue weighted by Crippen LogP contribution is -2.49. The largest absolute Gasteiger partial charge is 0.480 e. The maximum Gasteiger partial charge on any atom is 0.339 e. The minimum Gasteiger partial charge on any atom is -0.480 e. The Morgan fingerprint density at radius 3 is 2.59 bits per heavy atom. The second kappa shape index (κ2) is 8.27. The summed E-state index contributed by atoms with van der Waals surface area (Å²) in [6, 6.07) is 2.62. The van der Waals surface area contributed by atoms with E-state index in [2.05, 4.69) is 5.32 Å². The van der Waals surface area contributed by atoms with Crippen LogP contribution in [0.1, 0.15) is 50.3 Å². The summed E-state index contributed by atoms with van der Waals surface area (Å²) in [7, 11) is 0. The minimum atomic E-state index is -1.07. The number of carboxylic acids is 1. The quantitative estimate of drug-likeness (QED) is 0.691. The first-order valence-corrected chi connectivity index (χ1v) is 10.0. The number of benzene rings is 1. The van der Waals surface area contributed by atoms with Crippen LogP contribution in [-0.2, 0) is 22.4 Å². The highest BCUT2D eigenvalue weighted by Gasteiger charge is 2.29. The molecule has 7 nitrogen and oxygen atoms in total. The third-order valence-electron chi connectivity index (χ3n) is 5.63. The van der Waals surface area contributed by atoms with Crippen molar-refractivity contribution < 1.29 is 23.8 Å². The van der Waals surface area contributed by atoms with Crippen LogP contribution in [-0.4, -0.2) is 29.1 Å². The lowest BCUT2D eigenvalue weighted by atomic mass is 9.99. The zero-order valence-electron chi connectivity index (χ0n) is 17.2. The number of rotatable bonds is 7. The van der Waals surface area contributed by atoms with Gasteiger partial charge in [0.05, 0.1) is 5.39 Å². The number of amides is 1. The normalized spacial score (nSPS) is 16.1. The highest BCUT2D eigenvalue weighted by atomic mass is 16.5. The Morgan fingerprint density at radius 1 is 1.24 bits per heavy atom. The number of hydrogen-bond donors (Lipinski definition) is 2. The Balaban J connectivity index is 1.91. The van der Waals surface area contributed by atoms with Crippen molar-refractivity contribution in [3.63, 3.8) is 0 Å². The summed E-state index contributed by atoms with van der Waals surface area (Å²) in [6.45, 7) is 7.09. The van der Waals surface area contributed by atoms with Gasteiger partial charge >= 0.3 is 11.6 Å². The molecule has 1 heterocycles. The van der Waals surface area contributed by atoms with Crippen LogP contribution in [0.15, 0.2) is 21.3 Å². The molecule has 0 spiro atoms. The SMILES string of the molecule is CC[C@@H](C)[C@H](NC(=O)[C@H](C)Oc1cc(C)cc2oc(=O)c3c(c12)CCC3)C(=O)O. The molecular formula is C22H27NO6. The van der Waals surface area contributed by atoms with Gasteiger partial charge in [-0.1, -0.05) is 20.3 Å². The van der Waals surface area contributed by atoms with Gasteiger partial charge in [0, 0.05) is 5.56 Å². The highest BCUT2D eigenvalue weighted by molar-refractivity contribution is 5.90. The van der Waals surface area contributed by atoms with E-state index in [0.29, 0.717) is 29.7 Å². The first-order valence-electron chi connectivity index (χ1n) is 10.0. The van der Waals surface area contributed by atoms with Crippen molar-refractivity contribution in [1.82, 2.24) is 5.32 Å². The van der Waals surface area contributed by atoms with E-state index in [9.17, 15) is 19.5 Å².